The summed E-state index contributed by atoms with van der Waals surface area (Å²) in [7, 11) is 1.59. The molecular formula is C25H23NO3. The molecule has 0 aliphatic carbocycles. The summed E-state index contributed by atoms with van der Waals surface area (Å²) in [6.45, 7) is 2.36. The Morgan fingerprint density at radius 1 is 0.931 bits per heavy atom. The maximum Gasteiger partial charge on any atom is 0.238 e. The lowest BCUT2D eigenvalue weighted by molar-refractivity contribution is -0.122. The third kappa shape index (κ3) is 3.42. The number of methoxy groups -OCH3 is 1. The van der Waals surface area contributed by atoms with Crippen LogP contribution in [0.25, 0.3) is 0 Å². The number of fused-ring (bicyclic) bond motifs is 1. The number of hydrogen-bond acceptors (Lipinski definition) is 3. The second kappa shape index (κ2) is 7.55. The third-order valence-electron chi connectivity index (χ3n) is 5.62. The largest absolute Gasteiger partial charge is 0.497 e. The number of hydrogen-bond donors (Lipinski definition) is 0. The quantitative estimate of drug-likeness (QED) is 0.574. The molecule has 1 heterocycles. The summed E-state index contributed by atoms with van der Waals surface area (Å²) < 4.78 is 5.16. The molecule has 0 spiro atoms. The minimum atomic E-state index is -0.887. The molecule has 1 aliphatic rings. The number of carbonyl (C=O) groups is 2. The molecule has 4 heteroatoms. The molecule has 0 saturated heterocycles. The van der Waals surface area contributed by atoms with Gasteiger partial charge in [0.2, 0.25) is 5.91 Å². The molecule has 0 radical (unpaired) electrons. The predicted octanol–water partition coefficient (Wildman–Crippen LogP) is 4.77. The smallest absolute Gasteiger partial charge is 0.238 e. The van der Waals surface area contributed by atoms with Crippen molar-refractivity contribution in [3.8, 4) is 5.75 Å². The third-order valence-corrected chi connectivity index (χ3v) is 5.62. The van der Waals surface area contributed by atoms with E-state index in [2.05, 4.69) is 0 Å². The minimum Gasteiger partial charge on any atom is -0.497 e. The van der Waals surface area contributed by atoms with Gasteiger partial charge < -0.3 is 9.64 Å². The number of nitrogens with zero attached hydrogens (tertiary/aromatic N) is 1. The molecule has 146 valence electrons. The van der Waals surface area contributed by atoms with Gasteiger partial charge in [0.15, 0.2) is 5.78 Å². The highest BCUT2D eigenvalue weighted by Gasteiger charge is 2.48. The Labute approximate surface area is 170 Å². The van der Waals surface area contributed by atoms with E-state index in [1.165, 1.54) is 0 Å². The standard InChI is InChI=1S/C25H23NO3/c1-25(16-23(27)19-12-14-20(29-2)15-13-19)21-10-6-7-11-22(21)26(24(25)28)17-18-8-4-3-5-9-18/h3-15H,16-17H2,1-2H3. The number of carbonyl (C=O) groups excluding carboxylic acids is 2. The van der Waals surface area contributed by atoms with Crippen LogP contribution in [0, 0.1) is 0 Å². The monoisotopic (exact) mass is 385 g/mol. The van der Waals surface area contributed by atoms with E-state index >= 15 is 0 Å². The van der Waals surface area contributed by atoms with Crippen molar-refractivity contribution in [1.29, 1.82) is 0 Å². The van der Waals surface area contributed by atoms with Crippen LogP contribution >= 0.6 is 0 Å². The van der Waals surface area contributed by atoms with Crippen LogP contribution in [0.5, 0.6) is 5.75 Å². The molecule has 0 saturated carbocycles. The Bertz CT molecular complexity index is 1040. The Balaban J connectivity index is 1.65. The van der Waals surface area contributed by atoms with E-state index in [0.717, 1.165) is 16.8 Å². The van der Waals surface area contributed by atoms with Gasteiger partial charge in [0.1, 0.15) is 5.75 Å². The van der Waals surface area contributed by atoms with Crippen molar-refractivity contribution in [3.63, 3.8) is 0 Å². The van der Waals surface area contributed by atoms with Crippen molar-refractivity contribution < 1.29 is 14.3 Å². The molecule has 29 heavy (non-hydrogen) atoms. The van der Waals surface area contributed by atoms with Crippen molar-refractivity contribution >= 4 is 17.4 Å². The topological polar surface area (TPSA) is 46.6 Å². The summed E-state index contributed by atoms with van der Waals surface area (Å²) in [5.41, 5.74) is 2.54. The van der Waals surface area contributed by atoms with Gasteiger partial charge >= 0.3 is 0 Å². The van der Waals surface area contributed by atoms with Crippen molar-refractivity contribution in [2.75, 3.05) is 12.0 Å². The summed E-state index contributed by atoms with van der Waals surface area (Å²) in [5.74, 6) is 0.605. The van der Waals surface area contributed by atoms with Gasteiger partial charge in [0.25, 0.3) is 0 Å². The van der Waals surface area contributed by atoms with Gasteiger partial charge in [-0.1, -0.05) is 48.5 Å². The summed E-state index contributed by atoms with van der Waals surface area (Å²) in [5, 5.41) is 0. The highest BCUT2D eigenvalue weighted by molar-refractivity contribution is 6.11. The Hall–Kier alpha value is -3.40. The van der Waals surface area contributed by atoms with Gasteiger partial charge in [0.05, 0.1) is 19.1 Å². The normalized spacial score (nSPS) is 17.9. The van der Waals surface area contributed by atoms with E-state index in [4.69, 9.17) is 4.74 Å². The number of ether oxygens (including phenoxy) is 1. The van der Waals surface area contributed by atoms with Gasteiger partial charge in [-0.3, -0.25) is 9.59 Å². The first kappa shape index (κ1) is 18.9. The molecule has 3 aromatic rings. The number of Topliss-reactive ketones (excluding diaryl/α,β-unsaturated/α-hetero) is 1. The number of benzene rings is 3. The lowest BCUT2D eigenvalue weighted by Crippen LogP contribution is -2.39. The lowest BCUT2D eigenvalue weighted by Gasteiger charge is -2.24. The molecule has 1 amide bonds. The molecule has 1 atom stereocenters. The van der Waals surface area contributed by atoms with Crippen LogP contribution in [0.15, 0.2) is 78.9 Å². The van der Waals surface area contributed by atoms with E-state index in [1.54, 1.807) is 36.3 Å². The minimum absolute atomic E-state index is 0.0376. The molecule has 4 rings (SSSR count). The molecule has 0 bridgehead atoms. The van der Waals surface area contributed by atoms with Crippen molar-refractivity contribution in [2.45, 2.75) is 25.3 Å². The van der Waals surface area contributed by atoms with E-state index in [1.807, 2.05) is 61.5 Å². The molecule has 1 aliphatic heterocycles. The van der Waals surface area contributed by atoms with Crippen LogP contribution in [-0.2, 0) is 16.8 Å². The first-order chi connectivity index (χ1) is 14.0. The average Bonchev–Trinajstić information content (AvgIpc) is 2.96. The van der Waals surface area contributed by atoms with Crippen LogP contribution in [0.3, 0.4) is 0 Å². The number of rotatable bonds is 6. The number of para-hydroxylation sites is 1. The Morgan fingerprint density at radius 3 is 2.28 bits per heavy atom. The molecule has 4 nitrogen and oxygen atoms in total. The van der Waals surface area contributed by atoms with Gasteiger partial charge in [0, 0.05) is 17.7 Å². The molecule has 3 aromatic carbocycles. The van der Waals surface area contributed by atoms with Crippen LogP contribution in [0.2, 0.25) is 0 Å². The SMILES string of the molecule is COc1ccc(C(=O)CC2(C)C(=O)N(Cc3ccccc3)c3ccccc32)cc1. The summed E-state index contributed by atoms with van der Waals surface area (Å²) >= 11 is 0. The summed E-state index contributed by atoms with van der Waals surface area (Å²) in [4.78, 5) is 28.3. The molecular weight excluding hydrogens is 362 g/mol. The fourth-order valence-corrected chi connectivity index (χ4v) is 3.99. The highest BCUT2D eigenvalue weighted by Crippen LogP contribution is 2.45. The van der Waals surface area contributed by atoms with E-state index in [0.29, 0.717) is 17.9 Å². The maximum atomic E-state index is 13.5. The number of anilines is 1. The van der Waals surface area contributed by atoms with Gasteiger partial charge in [-0.25, -0.2) is 0 Å². The Kier molecular flexibility index (Phi) is 4.93. The van der Waals surface area contributed by atoms with E-state index in [-0.39, 0.29) is 18.1 Å². The maximum absolute atomic E-state index is 13.5. The Morgan fingerprint density at radius 2 is 1.59 bits per heavy atom. The van der Waals surface area contributed by atoms with Gasteiger partial charge in [-0.05, 0) is 48.4 Å². The van der Waals surface area contributed by atoms with Crippen LogP contribution in [-0.4, -0.2) is 18.8 Å². The fraction of sp³-hybridized carbons (Fsp3) is 0.200. The average molecular weight is 385 g/mol. The first-order valence-electron chi connectivity index (χ1n) is 9.65. The zero-order valence-electron chi connectivity index (χ0n) is 16.6. The highest BCUT2D eigenvalue weighted by atomic mass is 16.5. The van der Waals surface area contributed by atoms with Gasteiger partial charge in [-0.15, -0.1) is 0 Å². The zero-order valence-corrected chi connectivity index (χ0v) is 16.6. The number of ketones is 1. The molecule has 0 aromatic heterocycles. The summed E-state index contributed by atoms with van der Waals surface area (Å²) in [6, 6.07) is 24.7. The second-order valence-electron chi connectivity index (χ2n) is 7.55. The first-order valence-corrected chi connectivity index (χ1v) is 9.65. The fourth-order valence-electron chi connectivity index (χ4n) is 3.99. The molecule has 1 unspecified atom stereocenters. The second-order valence-corrected chi connectivity index (χ2v) is 7.55. The number of amides is 1. The molecule has 0 N–H and O–H groups in total. The molecule has 0 fully saturated rings. The summed E-state index contributed by atoms with van der Waals surface area (Å²) in [6.07, 6.45) is 0.125. The predicted molar refractivity (Wildman–Crippen MR) is 113 cm³/mol. The van der Waals surface area contributed by atoms with Crippen LogP contribution in [0.1, 0.15) is 34.8 Å². The van der Waals surface area contributed by atoms with Gasteiger partial charge in [-0.2, -0.15) is 0 Å². The van der Waals surface area contributed by atoms with Crippen molar-refractivity contribution in [3.05, 3.63) is 95.6 Å². The zero-order chi connectivity index (χ0) is 20.4. The van der Waals surface area contributed by atoms with Crippen LogP contribution < -0.4 is 9.64 Å². The van der Waals surface area contributed by atoms with E-state index < -0.39 is 5.41 Å². The van der Waals surface area contributed by atoms with E-state index in [9.17, 15) is 9.59 Å². The lowest BCUT2D eigenvalue weighted by atomic mass is 9.78. The van der Waals surface area contributed by atoms with Crippen LogP contribution in [0.4, 0.5) is 5.69 Å². The van der Waals surface area contributed by atoms with Crippen molar-refractivity contribution in [2.24, 2.45) is 0 Å². The van der Waals surface area contributed by atoms with Crippen molar-refractivity contribution in [1.82, 2.24) is 0 Å².